The first-order chi connectivity index (χ1) is 7.99. The van der Waals surface area contributed by atoms with Crippen molar-refractivity contribution >= 4 is 29.1 Å². The fourth-order valence-electron chi connectivity index (χ4n) is 1.77. The lowest BCUT2D eigenvalue weighted by Crippen LogP contribution is -2.30. The Balaban J connectivity index is 2.23. The second-order valence-corrected chi connectivity index (χ2v) is 4.81. The number of hydrogen-bond donors (Lipinski definition) is 2. The molecule has 2 atom stereocenters. The van der Waals surface area contributed by atoms with E-state index in [1.165, 1.54) is 11.0 Å². The summed E-state index contributed by atoms with van der Waals surface area (Å²) in [6.07, 6.45) is -1.81. The Hall–Kier alpha value is -0.810. The highest BCUT2D eigenvalue weighted by Gasteiger charge is 2.33. The lowest BCUT2D eigenvalue weighted by atomic mass is 10.2. The molecule has 1 aromatic rings. The molecule has 2 unspecified atom stereocenters. The van der Waals surface area contributed by atoms with E-state index in [9.17, 15) is 15.0 Å². The van der Waals surface area contributed by atoms with Crippen molar-refractivity contribution in [3.63, 3.8) is 0 Å². The number of aliphatic hydroxyl groups is 2. The quantitative estimate of drug-likeness (QED) is 0.809. The lowest BCUT2D eigenvalue weighted by Gasteiger charge is -2.16. The van der Waals surface area contributed by atoms with Crippen molar-refractivity contribution in [3.05, 3.63) is 33.8 Å². The molecule has 0 aromatic heterocycles. The molecular weight excluding hydrogens is 265 g/mol. The van der Waals surface area contributed by atoms with Crippen molar-refractivity contribution in [3.8, 4) is 0 Å². The molecule has 2 rings (SSSR count). The number of carbonyl (C=O) groups is 1. The minimum absolute atomic E-state index is 0.100. The first-order valence-corrected chi connectivity index (χ1v) is 5.85. The van der Waals surface area contributed by atoms with Gasteiger partial charge in [-0.2, -0.15) is 0 Å². The molecule has 0 aliphatic carbocycles. The van der Waals surface area contributed by atoms with Gasteiger partial charge in [-0.05, 0) is 18.2 Å². The second kappa shape index (κ2) is 4.82. The van der Waals surface area contributed by atoms with Crippen molar-refractivity contribution in [2.75, 3.05) is 13.1 Å². The number of halogens is 2. The molecule has 1 amide bonds. The van der Waals surface area contributed by atoms with Crippen molar-refractivity contribution in [2.24, 2.45) is 0 Å². The summed E-state index contributed by atoms with van der Waals surface area (Å²) in [6.45, 7) is 0.200. The Bertz CT molecular complexity index is 442. The third-order valence-electron chi connectivity index (χ3n) is 2.71. The van der Waals surface area contributed by atoms with E-state index in [0.29, 0.717) is 10.0 Å². The number of nitrogens with zero attached hydrogens (tertiary/aromatic N) is 1. The predicted octanol–water partition coefficient (Wildman–Crippen LogP) is 1.17. The van der Waals surface area contributed by atoms with Crippen LogP contribution in [0.3, 0.4) is 0 Å². The van der Waals surface area contributed by atoms with Gasteiger partial charge in [0.05, 0.1) is 22.8 Å². The number of carbonyl (C=O) groups excluding carboxylic acids is 1. The van der Waals surface area contributed by atoms with Crippen molar-refractivity contribution in [1.82, 2.24) is 4.90 Å². The van der Waals surface area contributed by atoms with Gasteiger partial charge in [-0.15, -0.1) is 0 Å². The fraction of sp³-hybridized carbons (Fsp3) is 0.364. The van der Waals surface area contributed by atoms with E-state index in [1.54, 1.807) is 12.1 Å². The number of aliphatic hydroxyl groups excluding tert-OH is 2. The van der Waals surface area contributed by atoms with E-state index in [1.807, 2.05) is 0 Å². The first-order valence-electron chi connectivity index (χ1n) is 5.09. The van der Waals surface area contributed by atoms with Gasteiger partial charge in [-0.25, -0.2) is 0 Å². The molecule has 17 heavy (non-hydrogen) atoms. The highest BCUT2D eigenvalue weighted by Crippen LogP contribution is 2.23. The topological polar surface area (TPSA) is 60.8 Å². The maximum absolute atomic E-state index is 12.1. The molecule has 0 spiro atoms. The standard InChI is InChI=1S/C11H11Cl2NO3/c12-6-1-2-8(13)7(3-6)11(17)14-4-9(15)10(16)5-14/h1-3,9-10,15-16H,4-5H2. The Morgan fingerprint density at radius 3 is 2.41 bits per heavy atom. The van der Waals surface area contributed by atoms with Crippen LogP contribution in [-0.4, -0.2) is 46.3 Å². The van der Waals surface area contributed by atoms with Gasteiger partial charge >= 0.3 is 0 Å². The molecule has 0 radical (unpaired) electrons. The Morgan fingerprint density at radius 1 is 1.24 bits per heavy atom. The third kappa shape index (κ3) is 2.55. The molecule has 92 valence electrons. The van der Waals surface area contributed by atoms with Gasteiger partial charge in [0.1, 0.15) is 0 Å². The molecule has 1 aromatic carbocycles. The van der Waals surface area contributed by atoms with Gasteiger partial charge in [0, 0.05) is 18.1 Å². The summed E-state index contributed by atoms with van der Waals surface area (Å²) in [4.78, 5) is 13.4. The molecule has 0 bridgehead atoms. The largest absolute Gasteiger partial charge is 0.388 e. The monoisotopic (exact) mass is 275 g/mol. The fourth-order valence-corrected chi connectivity index (χ4v) is 2.14. The molecule has 1 saturated heterocycles. The van der Waals surface area contributed by atoms with E-state index in [0.717, 1.165) is 0 Å². The summed E-state index contributed by atoms with van der Waals surface area (Å²) < 4.78 is 0. The molecule has 0 saturated carbocycles. The van der Waals surface area contributed by atoms with Crippen LogP contribution in [0, 0.1) is 0 Å². The van der Waals surface area contributed by atoms with Crippen molar-refractivity contribution in [1.29, 1.82) is 0 Å². The molecule has 1 fully saturated rings. The van der Waals surface area contributed by atoms with Crippen LogP contribution in [0.1, 0.15) is 10.4 Å². The number of likely N-dealkylation sites (tertiary alicyclic amines) is 1. The van der Waals surface area contributed by atoms with Crippen LogP contribution in [0.4, 0.5) is 0 Å². The number of hydrogen-bond acceptors (Lipinski definition) is 3. The van der Waals surface area contributed by atoms with Gasteiger partial charge < -0.3 is 15.1 Å². The van der Waals surface area contributed by atoms with Crippen molar-refractivity contribution < 1.29 is 15.0 Å². The van der Waals surface area contributed by atoms with Gasteiger partial charge in [-0.3, -0.25) is 4.79 Å². The zero-order valence-corrected chi connectivity index (χ0v) is 10.3. The minimum atomic E-state index is -0.906. The third-order valence-corrected chi connectivity index (χ3v) is 3.27. The average Bonchev–Trinajstić information content (AvgIpc) is 2.62. The molecule has 1 aliphatic heterocycles. The number of amides is 1. The van der Waals surface area contributed by atoms with Crippen molar-refractivity contribution in [2.45, 2.75) is 12.2 Å². The minimum Gasteiger partial charge on any atom is -0.388 e. The van der Waals surface area contributed by atoms with E-state index < -0.39 is 12.2 Å². The molecule has 1 heterocycles. The molecule has 6 heteroatoms. The van der Waals surface area contributed by atoms with Crippen LogP contribution in [0.25, 0.3) is 0 Å². The molecular formula is C11H11Cl2NO3. The normalized spacial score (nSPS) is 24.1. The lowest BCUT2D eigenvalue weighted by molar-refractivity contribution is 0.0572. The van der Waals surface area contributed by atoms with Crippen LogP contribution in [0.15, 0.2) is 18.2 Å². The summed E-state index contributed by atoms with van der Waals surface area (Å²) in [5, 5.41) is 19.5. The van der Waals surface area contributed by atoms with E-state index in [2.05, 4.69) is 0 Å². The maximum Gasteiger partial charge on any atom is 0.255 e. The summed E-state index contributed by atoms with van der Waals surface area (Å²) in [7, 11) is 0. The predicted molar refractivity (Wildman–Crippen MR) is 64.4 cm³/mol. The van der Waals surface area contributed by atoms with Crippen LogP contribution >= 0.6 is 23.2 Å². The molecule has 2 N–H and O–H groups in total. The Kier molecular flexibility index (Phi) is 3.58. The van der Waals surface area contributed by atoms with E-state index in [-0.39, 0.29) is 24.6 Å². The molecule has 1 aliphatic rings. The summed E-state index contributed by atoms with van der Waals surface area (Å²) in [5.74, 6) is -0.340. The highest BCUT2D eigenvalue weighted by molar-refractivity contribution is 6.35. The number of β-amino-alcohol motifs (C(OH)–C–C–N with tert-alkyl or cyclic N) is 2. The number of rotatable bonds is 1. The second-order valence-electron chi connectivity index (χ2n) is 3.97. The Morgan fingerprint density at radius 2 is 1.82 bits per heavy atom. The van der Waals surface area contributed by atoms with Crippen LogP contribution in [0.5, 0.6) is 0 Å². The SMILES string of the molecule is O=C(c1cc(Cl)ccc1Cl)N1CC(O)C(O)C1. The summed E-state index contributed by atoms with van der Waals surface area (Å²) in [6, 6.07) is 4.61. The van der Waals surface area contributed by atoms with Crippen LogP contribution in [0.2, 0.25) is 10.0 Å². The van der Waals surface area contributed by atoms with E-state index in [4.69, 9.17) is 23.2 Å². The highest BCUT2D eigenvalue weighted by atomic mass is 35.5. The smallest absolute Gasteiger partial charge is 0.255 e. The Labute approximate surface area is 108 Å². The molecule has 4 nitrogen and oxygen atoms in total. The average molecular weight is 276 g/mol. The maximum atomic E-state index is 12.1. The zero-order chi connectivity index (χ0) is 12.6. The summed E-state index contributed by atoms with van der Waals surface area (Å²) in [5.41, 5.74) is 0.278. The van der Waals surface area contributed by atoms with Gasteiger partial charge in [0.15, 0.2) is 0 Å². The van der Waals surface area contributed by atoms with Gasteiger partial charge in [0.25, 0.3) is 5.91 Å². The van der Waals surface area contributed by atoms with Gasteiger partial charge in [-0.1, -0.05) is 23.2 Å². The van der Waals surface area contributed by atoms with E-state index >= 15 is 0 Å². The summed E-state index contributed by atoms with van der Waals surface area (Å²) >= 11 is 11.7. The zero-order valence-electron chi connectivity index (χ0n) is 8.81. The van der Waals surface area contributed by atoms with Crippen LogP contribution < -0.4 is 0 Å². The van der Waals surface area contributed by atoms with Gasteiger partial charge in [0.2, 0.25) is 0 Å². The van der Waals surface area contributed by atoms with Crippen LogP contribution in [-0.2, 0) is 0 Å². The number of benzene rings is 1. The first kappa shape index (κ1) is 12.6.